The third-order valence-electron chi connectivity index (χ3n) is 4.26. The largest absolute Gasteiger partial charge is 0.356 e. The van der Waals surface area contributed by atoms with Gasteiger partial charge in [-0.2, -0.15) is 0 Å². The van der Waals surface area contributed by atoms with E-state index in [2.05, 4.69) is 34.6 Å². The molecule has 1 heterocycles. The molecule has 1 saturated heterocycles. The van der Waals surface area contributed by atoms with E-state index in [1.165, 1.54) is 0 Å². The summed E-state index contributed by atoms with van der Waals surface area (Å²) in [6.45, 7) is 8.39. The Morgan fingerprint density at radius 3 is 2.61 bits per heavy atom. The van der Waals surface area contributed by atoms with E-state index < -0.39 is 0 Å². The lowest BCUT2D eigenvalue weighted by Gasteiger charge is -2.27. The molecule has 1 aromatic carbocycles. The molecular weight excluding hydrogens is 310 g/mol. The van der Waals surface area contributed by atoms with Crippen LogP contribution in [0.25, 0.3) is 0 Å². The van der Waals surface area contributed by atoms with E-state index in [1.807, 2.05) is 18.2 Å². The molecule has 0 bridgehead atoms. The SMILES string of the molecule is CCCC(C(=O)NCCCN1CCNCC1)c1ccccc1.Cl. The van der Waals surface area contributed by atoms with Crippen LogP contribution in [0.5, 0.6) is 0 Å². The molecule has 0 saturated carbocycles. The zero-order valence-corrected chi connectivity index (χ0v) is 14.9. The summed E-state index contributed by atoms with van der Waals surface area (Å²) in [5, 5.41) is 6.48. The maximum atomic E-state index is 12.4. The van der Waals surface area contributed by atoms with Gasteiger partial charge in [0, 0.05) is 32.7 Å². The third kappa shape index (κ3) is 6.90. The molecule has 1 aliphatic heterocycles. The van der Waals surface area contributed by atoms with Crippen molar-refractivity contribution in [1.82, 2.24) is 15.5 Å². The van der Waals surface area contributed by atoms with Crippen molar-refractivity contribution < 1.29 is 4.79 Å². The topological polar surface area (TPSA) is 44.4 Å². The van der Waals surface area contributed by atoms with Crippen LogP contribution in [0.1, 0.15) is 37.7 Å². The molecule has 0 spiro atoms. The van der Waals surface area contributed by atoms with E-state index in [9.17, 15) is 4.79 Å². The van der Waals surface area contributed by atoms with Crippen LogP contribution in [-0.4, -0.2) is 50.1 Å². The number of piperazine rings is 1. The summed E-state index contributed by atoms with van der Waals surface area (Å²) in [5.41, 5.74) is 1.13. The van der Waals surface area contributed by atoms with Gasteiger partial charge in [-0.15, -0.1) is 12.4 Å². The molecule has 4 nitrogen and oxygen atoms in total. The van der Waals surface area contributed by atoms with Gasteiger partial charge in [0.25, 0.3) is 0 Å². The number of nitrogens with one attached hydrogen (secondary N) is 2. The number of nitrogens with zero attached hydrogens (tertiary/aromatic N) is 1. The average Bonchev–Trinajstić information content (AvgIpc) is 2.58. The first-order valence-electron chi connectivity index (χ1n) is 8.57. The minimum absolute atomic E-state index is 0. The van der Waals surface area contributed by atoms with Crippen molar-refractivity contribution in [3.05, 3.63) is 35.9 Å². The normalized spacial score (nSPS) is 16.4. The van der Waals surface area contributed by atoms with E-state index in [0.29, 0.717) is 0 Å². The molecule has 1 aliphatic rings. The van der Waals surface area contributed by atoms with Crippen molar-refractivity contribution in [2.75, 3.05) is 39.3 Å². The number of benzene rings is 1. The Kier molecular flexibility index (Phi) is 9.92. The maximum Gasteiger partial charge on any atom is 0.227 e. The third-order valence-corrected chi connectivity index (χ3v) is 4.26. The molecular formula is C18H30ClN3O. The van der Waals surface area contributed by atoms with Crippen LogP contribution in [0.2, 0.25) is 0 Å². The zero-order chi connectivity index (χ0) is 15.6. The Hall–Kier alpha value is -1.10. The average molecular weight is 340 g/mol. The molecule has 23 heavy (non-hydrogen) atoms. The number of rotatable bonds is 8. The second-order valence-corrected chi connectivity index (χ2v) is 5.99. The molecule has 1 atom stereocenters. The van der Waals surface area contributed by atoms with E-state index in [4.69, 9.17) is 0 Å². The van der Waals surface area contributed by atoms with Crippen LogP contribution >= 0.6 is 12.4 Å². The van der Waals surface area contributed by atoms with Crippen molar-refractivity contribution >= 4 is 18.3 Å². The van der Waals surface area contributed by atoms with Crippen molar-refractivity contribution in [2.45, 2.75) is 32.1 Å². The number of amides is 1. The summed E-state index contributed by atoms with van der Waals surface area (Å²) < 4.78 is 0. The quantitative estimate of drug-likeness (QED) is 0.715. The van der Waals surface area contributed by atoms with Crippen molar-refractivity contribution in [3.8, 4) is 0 Å². The summed E-state index contributed by atoms with van der Waals surface area (Å²) in [6, 6.07) is 10.1. The van der Waals surface area contributed by atoms with Crippen LogP contribution in [-0.2, 0) is 4.79 Å². The van der Waals surface area contributed by atoms with Crippen LogP contribution < -0.4 is 10.6 Å². The molecule has 1 fully saturated rings. The first-order valence-corrected chi connectivity index (χ1v) is 8.57. The van der Waals surface area contributed by atoms with Crippen molar-refractivity contribution in [1.29, 1.82) is 0 Å². The number of carbonyl (C=O) groups is 1. The first-order chi connectivity index (χ1) is 10.8. The number of hydrogen-bond donors (Lipinski definition) is 2. The minimum Gasteiger partial charge on any atom is -0.356 e. The first kappa shape index (κ1) is 19.9. The summed E-state index contributed by atoms with van der Waals surface area (Å²) in [6.07, 6.45) is 2.96. The van der Waals surface area contributed by atoms with Crippen molar-refractivity contribution in [2.24, 2.45) is 0 Å². The van der Waals surface area contributed by atoms with E-state index in [-0.39, 0.29) is 24.2 Å². The molecule has 0 aromatic heterocycles. The van der Waals surface area contributed by atoms with Gasteiger partial charge in [-0.1, -0.05) is 43.7 Å². The van der Waals surface area contributed by atoms with E-state index in [0.717, 1.165) is 64.1 Å². The van der Waals surface area contributed by atoms with E-state index >= 15 is 0 Å². The van der Waals surface area contributed by atoms with Gasteiger partial charge in [-0.05, 0) is 24.9 Å². The highest BCUT2D eigenvalue weighted by molar-refractivity contribution is 5.85. The fraction of sp³-hybridized carbons (Fsp3) is 0.611. The van der Waals surface area contributed by atoms with Gasteiger partial charge >= 0.3 is 0 Å². The predicted molar refractivity (Wildman–Crippen MR) is 98.3 cm³/mol. The Morgan fingerprint density at radius 1 is 1.26 bits per heavy atom. The number of carbonyl (C=O) groups excluding carboxylic acids is 1. The summed E-state index contributed by atoms with van der Waals surface area (Å²) in [5.74, 6) is 0.166. The van der Waals surface area contributed by atoms with Gasteiger partial charge in [0.2, 0.25) is 5.91 Å². The molecule has 1 amide bonds. The Morgan fingerprint density at radius 2 is 1.96 bits per heavy atom. The molecule has 0 radical (unpaired) electrons. The smallest absolute Gasteiger partial charge is 0.227 e. The van der Waals surface area contributed by atoms with Gasteiger partial charge in [-0.25, -0.2) is 0 Å². The summed E-state index contributed by atoms with van der Waals surface area (Å²) in [7, 11) is 0. The molecule has 0 aliphatic carbocycles. The molecule has 2 N–H and O–H groups in total. The molecule has 130 valence electrons. The Bertz CT molecular complexity index is 435. The molecule has 5 heteroatoms. The summed E-state index contributed by atoms with van der Waals surface area (Å²) in [4.78, 5) is 14.9. The zero-order valence-electron chi connectivity index (χ0n) is 14.1. The highest BCUT2D eigenvalue weighted by Gasteiger charge is 2.19. The second kappa shape index (κ2) is 11.4. The molecule has 1 aromatic rings. The Labute approximate surface area is 146 Å². The number of halogens is 1. The van der Waals surface area contributed by atoms with Gasteiger partial charge in [0.05, 0.1) is 5.92 Å². The highest BCUT2D eigenvalue weighted by atomic mass is 35.5. The lowest BCUT2D eigenvalue weighted by atomic mass is 9.93. The lowest BCUT2D eigenvalue weighted by Crippen LogP contribution is -2.44. The predicted octanol–water partition coefficient (Wildman–Crippen LogP) is 2.40. The molecule has 1 unspecified atom stereocenters. The number of hydrogen-bond acceptors (Lipinski definition) is 3. The Balaban J connectivity index is 0.00000264. The fourth-order valence-electron chi connectivity index (χ4n) is 3.00. The monoisotopic (exact) mass is 339 g/mol. The van der Waals surface area contributed by atoms with Gasteiger partial charge in [0.15, 0.2) is 0 Å². The fourth-order valence-corrected chi connectivity index (χ4v) is 3.00. The van der Waals surface area contributed by atoms with E-state index in [1.54, 1.807) is 0 Å². The van der Waals surface area contributed by atoms with Crippen molar-refractivity contribution in [3.63, 3.8) is 0 Å². The van der Waals surface area contributed by atoms with Gasteiger partial charge < -0.3 is 15.5 Å². The van der Waals surface area contributed by atoms with Crippen LogP contribution in [0.3, 0.4) is 0 Å². The van der Waals surface area contributed by atoms with Gasteiger partial charge in [0.1, 0.15) is 0 Å². The molecule has 2 rings (SSSR count). The highest BCUT2D eigenvalue weighted by Crippen LogP contribution is 2.21. The van der Waals surface area contributed by atoms with Gasteiger partial charge in [-0.3, -0.25) is 4.79 Å². The standard InChI is InChI=1S/C18H29N3O.ClH/c1-2-7-17(16-8-4-3-5-9-16)18(22)20-10-6-13-21-14-11-19-12-15-21;/h3-5,8-9,17,19H,2,6-7,10-15H2,1H3,(H,20,22);1H. The second-order valence-electron chi connectivity index (χ2n) is 5.99. The van der Waals surface area contributed by atoms with Crippen LogP contribution in [0.15, 0.2) is 30.3 Å². The van der Waals surface area contributed by atoms with Crippen LogP contribution in [0, 0.1) is 0 Å². The van der Waals surface area contributed by atoms with Crippen LogP contribution in [0.4, 0.5) is 0 Å². The lowest BCUT2D eigenvalue weighted by molar-refractivity contribution is -0.122. The minimum atomic E-state index is -0.00890. The maximum absolute atomic E-state index is 12.4. The summed E-state index contributed by atoms with van der Waals surface area (Å²) >= 11 is 0.